The van der Waals surface area contributed by atoms with Crippen LogP contribution in [0.3, 0.4) is 0 Å². The minimum atomic E-state index is -0.796. The normalized spacial score (nSPS) is 11.0. The Morgan fingerprint density at radius 1 is 1.12 bits per heavy atom. The first kappa shape index (κ1) is 23.8. The molecule has 3 rings (SSSR count). The summed E-state index contributed by atoms with van der Waals surface area (Å²) in [7, 11) is 4.39. The number of amides is 1. The Hall–Kier alpha value is -3.85. The predicted molar refractivity (Wildman–Crippen MR) is 123 cm³/mol. The lowest BCUT2D eigenvalue weighted by molar-refractivity contribution is -0.147. The van der Waals surface area contributed by atoms with Gasteiger partial charge in [0.25, 0.3) is 11.5 Å². The zero-order valence-electron chi connectivity index (χ0n) is 18.3. The highest BCUT2D eigenvalue weighted by atomic mass is 35.5. The minimum absolute atomic E-state index is 0.134. The molecule has 0 spiro atoms. The first-order valence-corrected chi connectivity index (χ1v) is 10.2. The summed E-state index contributed by atoms with van der Waals surface area (Å²) in [6.07, 6.45) is 3.58. The Labute approximate surface area is 194 Å². The van der Waals surface area contributed by atoms with E-state index < -0.39 is 29.7 Å². The SMILES string of the molecule is CN(Cc1ccc(-c2ccc(Cl)cc2)o1)C(=O)COC(=O)/C=C/c1cn(C)c(=O)n(C)c1=O. The topological polar surface area (TPSA) is 104 Å². The Balaban J connectivity index is 1.54. The number of esters is 1. The molecule has 0 bridgehead atoms. The van der Waals surface area contributed by atoms with E-state index in [0.29, 0.717) is 16.5 Å². The van der Waals surface area contributed by atoms with Crippen LogP contribution in [0, 0.1) is 0 Å². The molecule has 1 aromatic carbocycles. The Bertz CT molecular complexity index is 1320. The number of benzene rings is 1. The predicted octanol–water partition coefficient (Wildman–Crippen LogP) is 2.21. The van der Waals surface area contributed by atoms with Gasteiger partial charge in [0.1, 0.15) is 11.5 Å². The molecule has 0 aliphatic carbocycles. The molecule has 0 aliphatic rings. The standard InChI is InChI=1S/C23H22ClN3O6/c1-25(13-18-9-10-19(33-18)15-4-7-17(24)8-5-15)20(28)14-32-21(29)11-6-16-12-26(2)23(31)27(3)22(16)30/h4-12H,13-14H2,1-3H3/b11-6+. The summed E-state index contributed by atoms with van der Waals surface area (Å²) in [5.41, 5.74) is -0.0393. The van der Waals surface area contributed by atoms with Crippen molar-refractivity contribution in [2.75, 3.05) is 13.7 Å². The van der Waals surface area contributed by atoms with Gasteiger partial charge < -0.3 is 18.6 Å². The Morgan fingerprint density at radius 2 is 1.82 bits per heavy atom. The Morgan fingerprint density at radius 3 is 2.52 bits per heavy atom. The molecule has 0 N–H and O–H groups in total. The third-order valence-electron chi connectivity index (χ3n) is 4.82. The van der Waals surface area contributed by atoms with Crippen LogP contribution in [0.5, 0.6) is 0 Å². The summed E-state index contributed by atoms with van der Waals surface area (Å²) in [4.78, 5) is 49.4. The lowest BCUT2D eigenvalue weighted by Gasteiger charge is -2.15. The average Bonchev–Trinajstić information content (AvgIpc) is 3.26. The third kappa shape index (κ3) is 5.89. The highest BCUT2D eigenvalue weighted by Gasteiger charge is 2.14. The number of rotatable bonds is 7. The number of hydrogen-bond acceptors (Lipinski definition) is 6. The minimum Gasteiger partial charge on any atom is -0.459 e. The number of nitrogens with zero attached hydrogens (tertiary/aromatic N) is 3. The smallest absolute Gasteiger partial charge is 0.331 e. The van der Waals surface area contributed by atoms with E-state index in [1.807, 2.05) is 12.1 Å². The molecule has 0 unspecified atom stereocenters. The summed E-state index contributed by atoms with van der Waals surface area (Å²) in [6, 6.07) is 10.7. The van der Waals surface area contributed by atoms with Crippen LogP contribution in [0.4, 0.5) is 0 Å². The number of carbonyl (C=O) groups excluding carboxylic acids is 2. The van der Waals surface area contributed by atoms with Crippen LogP contribution in [0.1, 0.15) is 11.3 Å². The van der Waals surface area contributed by atoms with Crippen molar-refractivity contribution in [2.45, 2.75) is 6.54 Å². The van der Waals surface area contributed by atoms with Crippen molar-refractivity contribution in [1.29, 1.82) is 0 Å². The van der Waals surface area contributed by atoms with Crippen molar-refractivity contribution in [3.63, 3.8) is 0 Å². The van der Waals surface area contributed by atoms with Crippen molar-refractivity contribution >= 4 is 29.6 Å². The van der Waals surface area contributed by atoms with Crippen molar-refractivity contribution in [1.82, 2.24) is 14.0 Å². The van der Waals surface area contributed by atoms with E-state index in [4.69, 9.17) is 20.8 Å². The van der Waals surface area contributed by atoms with Gasteiger partial charge in [-0.2, -0.15) is 0 Å². The molecule has 0 saturated heterocycles. The number of aromatic nitrogens is 2. The highest BCUT2D eigenvalue weighted by Crippen LogP contribution is 2.24. The second-order valence-electron chi connectivity index (χ2n) is 7.31. The molecule has 172 valence electrons. The lowest BCUT2D eigenvalue weighted by atomic mass is 10.2. The number of ether oxygens (including phenoxy) is 1. The van der Waals surface area contributed by atoms with Gasteiger partial charge in [-0.15, -0.1) is 0 Å². The quantitative estimate of drug-likeness (QED) is 0.386. The molecule has 0 radical (unpaired) electrons. The fourth-order valence-corrected chi connectivity index (χ4v) is 3.08. The van der Waals surface area contributed by atoms with Crippen molar-refractivity contribution in [3.8, 4) is 11.3 Å². The van der Waals surface area contributed by atoms with Crippen LogP contribution in [0.2, 0.25) is 5.02 Å². The maximum atomic E-state index is 12.3. The maximum absolute atomic E-state index is 12.3. The maximum Gasteiger partial charge on any atom is 0.331 e. The van der Waals surface area contributed by atoms with Crippen LogP contribution in [-0.2, 0) is 35.0 Å². The summed E-state index contributed by atoms with van der Waals surface area (Å²) in [6.45, 7) is -0.288. The fourth-order valence-electron chi connectivity index (χ4n) is 2.95. The summed E-state index contributed by atoms with van der Waals surface area (Å²) in [5, 5.41) is 0.622. The summed E-state index contributed by atoms with van der Waals surface area (Å²) < 4.78 is 12.9. The number of carbonyl (C=O) groups is 2. The average molecular weight is 472 g/mol. The van der Waals surface area contributed by atoms with E-state index in [0.717, 1.165) is 16.2 Å². The molecule has 0 fully saturated rings. The van der Waals surface area contributed by atoms with E-state index in [2.05, 4.69) is 0 Å². The van der Waals surface area contributed by atoms with E-state index >= 15 is 0 Å². The lowest BCUT2D eigenvalue weighted by Crippen LogP contribution is -2.37. The van der Waals surface area contributed by atoms with Gasteiger partial charge >= 0.3 is 11.7 Å². The summed E-state index contributed by atoms with van der Waals surface area (Å²) >= 11 is 5.89. The van der Waals surface area contributed by atoms with Gasteiger partial charge in [-0.3, -0.25) is 14.2 Å². The summed E-state index contributed by atoms with van der Waals surface area (Å²) in [5.74, 6) is -0.0221. The number of furan rings is 1. The number of halogens is 1. The molecule has 0 atom stereocenters. The molecular weight excluding hydrogens is 450 g/mol. The number of likely N-dealkylation sites (N-methyl/N-ethyl adjacent to an activating group) is 1. The fraction of sp³-hybridized carbons (Fsp3) is 0.217. The Kier molecular flexibility index (Phi) is 7.34. The van der Waals surface area contributed by atoms with Gasteiger partial charge in [0, 0.05) is 44.0 Å². The van der Waals surface area contributed by atoms with Crippen LogP contribution in [0.25, 0.3) is 17.4 Å². The van der Waals surface area contributed by atoms with Gasteiger partial charge in [-0.05, 0) is 42.5 Å². The van der Waals surface area contributed by atoms with E-state index in [1.165, 1.54) is 35.8 Å². The van der Waals surface area contributed by atoms with Gasteiger partial charge in [0.05, 0.1) is 12.1 Å². The third-order valence-corrected chi connectivity index (χ3v) is 5.07. The zero-order valence-corrected chi connectivity index (χ0v) is 19.0. The molecule has 2 heterocycles. The van der Waals surface area contributed by atoms with Crippen molar-refractivity contribution < 1.29 is 18.7 Å². The molecule has 1 amide bonds. The molecule has 0 aliphatic heterocycles. The number of aryl methyl sites for hydroxylation is 1. The molecule has 33 heavy (non-hydrogen) atoms. The molecule has 2 aromatic heterocycles. The van der Waals surface area contributed by atoms with Crippen LogP contribution in [0.15, 0.2) is 62.7 Å². The molecule has 10 heteroatoms. The molecule has 3 aromatic rings. The van der Waals surface area contributed by atoms with Crippen molar-refractivity contribution in [2.24, 2.45) is 14.1 Å². The van der Waals surface area contributed by atoms with Gasteiger partial charge in [0.15, 0.2) is 6.61 Å². The van der Waals surface area contributed by atoms with E-state index in [9.17, 15) is 19.2 Å². The molecule has 0 saturated carbocycles. The second kappa shape index (κ2) is 10.2. The first-order chi connectivity index (χ1) is 15.7. The van der Waals surface area contributed by atoms with E-state index in [1.54, 1.807) is 31.3 Å². The molecular formula is C23H22ClN3O6. The van der Waals surface area contributed by atoms with Crippen LogP contribution < -0.4 is 11.2 Å². The highest BCUT2D eigenvalue weighted by molar-refractivity contribution is 6.30. The first-order valence-electron chi connectivity index (χ1n) is 9.86. The van der Waals surface area contributed by atoms with Crippen LogP contribution >= 0.6 is 11.6 Å². The molecule has 9 nitrogen and oxygen atoms in total. The number of hydrogen-bond donors (Lipinski definition) is 0. The largest absolute Gasteiger partial charge is 0.459 e. The van der Waals surface area contributed by atoms with Gasteiger partial charge in [-0.1, -0.05) is 11.6 Å². The van der Waals surface area contributed by atoms with Gasteiger partial charge in [-0.25, -0.2) is 9.59 Å². The zero-order chi connectivity index (χ0) is 24.1. The van der Waals surface area contributed by atoms with E-state index in [-0.39, 0.29) is 12.1 Å². The van der Waals surface area contributed by atoms with Gasteiger partial charge in [0.2, 0.25) is 0 Å². The monoisotopic (exact) mass is 471 g/mol. The van der Waals surface area contributed by atoms with Crippen LogP contribution in [-0.4, -0.2) is 39.6 Å². The second-order valence-corrected chi connectivity index (χ2v) is 7.74. The van der Waals surface area contributed by atoms with Crippen molar-refractivity contribution in [3.05, 3.63) is 85.9 Å².